The first kappa shape index (κ1) is 17.0. The first-order valence-electron chi connectivity index (χ1n) is 7.46. The maximum Gasteiger partial charge on any atom is 0.272 e. The zero-order chi connectivity index (χ0) is 18.7. The van der Waals surface area contributed by atoms with E-state index >= 15 is 0 Å². The van der Waals surface area contributed by atoms with Crippen molar-refractivity contribution < 1.29 is 24.0 Å². The third kappa shape index (κ3) is 3.34. The predicted octanol–water partition coefficient (Wildman–Crippen LogP) is 1.44. The van der Waals surface area contributed by atoms with Gasteiger partial charge in [-0.05, 0) is 24.3 Å². The molecule has 0 saturated heterocycles. The number of fused-ring (bicyclic) bond motifs is 1. The number of non-ortho nitro benzene ring substituents is 1. The van der Waals surface area contributed by atoms with Gasteiger partial charge in [-0.25, -0.2) is 0 Å². The van der Waals surface area contributed by atoms with Crippen LogP contribution in [0.25, 0.3) is 0 Å². The van der Waals surface area contributed by atoms with E-state index in [4.69, 9.17) is 9.47 Å². The highest BCUT2D eigenvalue weighted by Crippen LogP contribution is 2.32. The zero-order valence-electron chi connectivity index (χ0n) is 13.6. The lowest BCUT2D eigenvalue weighted by atomic mass is 10.1. The van der Waals surface area contributed by atoms with E-state index in [1.165, 1.54) is 24.3 Å². The summed E-state index contributed by atoms with van der Waals surface area (Å²) in [5.74, 6) is -0.318. The maximum absolute atomic E-state index is 12.3. The summed E-state index contributed by atoms with van der Waals surface area (Å²) < 4.78 is 10.3. The second-order valence-corrected chi connectivity index (χ2v) is 5.21. The van der Waals surface area contributed by atoms with E-state index in [1.54, 1.807) is 13.1 Å². The third-order valence-electron chi connectivity index (χ3n) is 3.65. The molecule has 0 unspecified atom stereocenters. The van der Waals surface area contributed by atoms with Crippen LogP contribution in [0, 0.1) is 10.1 Å². The predicted molar refractivity (Wildman–Crippen MR) is 90.1 cm³/mol. The van der Waals surface area contributed by atoms with E-state index in [-0.39, 0.29) is 23.6 Å². The van der Waals surface area contributed by atoms with Crippen LogP contribution in [0.1, 0.15) is 20.7 Å². The molecule has 0 bridgehead atoms. The molecule has 3 rings (SSSR count). The molecule has 0 aromatic heterocycles. The van der Waals surface area contributed by atoms with E-state index in [9.17, 15) is 19.7 Å². The van der Waals surface area contributed by atoms with Crippen LogP contribution in [0.4, 0.5) is 11.4 Å². The van der Waals surface area contributed by atoms with Crippen LogP contribution in [0.15, 0.2) is 36.4 Å². The lowest BCUT2D eigenvalue weighted by Gasteiger charge is -2.11. The van der Waals surface area contributed by atoms with Gasteiger partial charge in [-0.1, -0.05) is 0 Å². The minimum absolute atomic E-state index is 0.0210. The summed E-state index contributed by atoms with van der Waals surface area (Å²) in [6, 6.07) is 8.38. The summed E-state index contributed by atoms with van der Waals surface area (Å²) in [5, 5.41) is 13.6. The van der Waals surface area contributed by atoms with E-state index in [2.05, 4.69) is 16.2 Å². The van der Waals surface area contributed by atoms with Crippen LogP contribution in [-0.4, -0.2) is 30.6 Å². The molecule has 0 saturated carbocycles. The van der Waals surface area contributed by atoms with Crippen LogP contribution in [0.2, 0.25) is 0 Å². The maximum atomic E-state index is 12.3. The van der Waals surface area contributed by atoms with E-state index in [0.29, 0.717) is 17.2 Å². The number of carbonyl (C=O) groups excluding carboxylic acids is 2. The SMILES string of the molecule is CNc1ccc([N+](=O)[O-])cc1C(=O)NNC(=O)c1ccc2c(c1)OCO2. The lowest BCUT2D eigenvalue weighted by Crippen LogP contribution is -2.41. The first-order chi connectivity index (χ1) is 12.5. The monoisotopic (exact) mass is 358 g/mol. The molecule has 1 aliphatic rings. The lowest BCUT2D eigenvalue weighted by molar-refractivity contribution is -0.384. The van der Waals surface area contributed by atoms with Gasteiger partial charge in [-0.2, -0.15) is 0 Å². The van der Waals surface area contributed by atoms with Crippen molar-refractivity contribution in [1.29, 1.82) is 0 Å². The fraction of sp³-hybridized carbons (Fsp3) is 0.125. The zero-order valence-corrected chi connectivity index (χ0v) is 13.6. The highest BCUT2D eigenvalue weighted by molar-refractivity contribution is 6.02. The van der Waals surface area contributed by atoms with Gasteiger partial charge in [-0.15, -0.1) is 0 Å². The minimum atomic E-state index is -0.702. The Balaban J connectivity index is 1.71. The van der Waals surface area contributed by atoms with Crippen molar-refractivity contribution in [1.82, 2.24) is 10.9 Å². The Labute approximate surface area is 147 Å². The molecule has 0 fully saturated rings. The van der Waals surface area contributed by atoms with Crippen LogP contribution < -0.4 is 25.6 Å². The average Bonchev–Trinajstić information content (AvgIpc) is 3.12. The standard InChI is InChI=1S/C16H14N4O6/c1-17-12-4-3-10(20(23)24)7-11(12)16(22)19-18-15(21)9-2-5-13-14(6-9)26-8-25-13/h2-7,17H,8H2,1H3,(H,18,21)(H,19,22). The number of amides is 2. The summed E-state index contributed by atoms with van der Waals surface area (Å²) in [6.45, 7) is 0.0801. The third-order valence-corrected chi connectivity index (χ3v) is 3.65. The van der Waals surface area contributed by atoms with Gasteiger partial charge in [0.05, 0.1) is 10.5 Å². The number of hydrogen-bond donors (Lipinski definition) is 3. The second-order valence-electron chi connectivity index (χ2n) is 5.21. The van der Waals surface area contributed by atoms with E-state index < -0.39 is 16.7 Å². The van der Waals surface area contributed by atoms with E-state index in [0.717, 1.165) is 6.07 Å². The molecule has 0 atom stereocenters. The summed E-state index contributed by atoms with van der Waals surface area (Å²) in [7, 11) is 1.57. The number of hydrazine groups is 1. The van der Waals surface area contributed by atoms with Gasteiger partial charge in [0.25, 0.3) is 17.5 Å². The van der Waals surface area contributed by atoms with Gasteiger partial charge in [0.2, 0.25) is 6.79 Å². The molecule has 2 aromatic rings. The van der Waals surface area contributed by atoms with Crippen LogP contribution in [0.5, 0.6) is 11.5 Å². The molecule has 1 heterocycles. The number of nitro benzene ring substituents is 1. The van der Waals surface area contributed by atoms with Crippen molar-refractivity contribution in [3.8, 4) is 11.5 Å². The number of ether oxygens (including phenoxy) is 2. The first-order valence-corrected chi connectivity index (χ1v) is 7.46. The van der Waals surface area contributed by atoms with Crippen molar-refractivity contribution in [3.63, 3.8) is 0 Å². The number of anilines is 1. The van der Waals surface area contributed by atoms with Crippen LogP contribution in [0.3, 0.4) is 0 Å². The molecule has 10 heteroatoms. The van der Waals surface area contributed by atoms with Gasteiger partial charge < -0.3 is 14.8 Å². The van der Waals surface area contributed by atoms with Gasteiger partial charge in [0, 0.05) is 30.4 Å². The Kier molecular flexibility index (Phi) is 4.56. The summed E-state index contributed by atoms with van der Waals surface area (Å²) in [4.78, 5) is 34.7. The molecule has 0 spiro atoms. The fourth-order valence-corrected chi connectivity index (χ4v) is 2.34. The molecule has 0 aliphatic carbocycles. The van der Waals surface area contributed by atoms with Gasteiger partial charge in [0.15, 0.2) is 11.5 Å². The van der Waals surface area contributed by atoms with Crippen molar-refractivity contribution in [2.45, 2.75) is 0 Å². The smallest absolute Gasteiger partial charge is 0.272 e. The summed E-state index contributed by atoms with van der Waals surface area (Å²) >= 11 is 0. The Bertz CT molecular complexity index is 898. The molecular formula is C16H14N4O6. The highest BCUT2D eigenvalue weighted by atomic mass is 16.7. The fourth-order valence-electron chi connectivity index (χ4n) is 2.34. The largest absolute Gasteiger partial charge is 0.454 e. The number of nitro groups is 1. The Hall–Kier alpha value is -3.82. The van der Waals surface area contributed by atoms with Crippen LogP contribution in [-0.2, 0) is 0 Å². The molecule has 10 nitrogen and oxygen atoms in total. The number of nitrogens with zero attached hydrogens (tertiary/aromatic N) is 1. The minimum Gasteiger partial charge on any atom is -0.454 e. The molecule has 2 aromatic carbocycles. The summed E-state index contributed by atoms with van der Waals surface area (Å²) in [5.41, 5.74) is 4.90. The van der Waals surface area contributed by atoms with Gasteiger partial charge in [-0.3, -0.25) is 30.6 Å². The van der Waals surface area contributed by atoms with E-state index in [1.807, 2.05) is 0 Å². The quantitative estimate of drug-likeness (QED) is 0.556. The number of carbonyl (C=O) groups is 2. The Morgan fingerprint density at radius 3 is 2.50 bits per heavy atom. The van der Waals surface area contributed by atoms with Crippen molar-refractivity contribution in [2.75, 3.05) is 19.2 Å². The van der Waals surface area contributed by atoms with Gasteiger partial charge >= 0.3 is 0 Å². The Morgan fingerprint density at radius 2 is 1.77 bits per heavy atom. The molecule has 0 radical (unpaired) electrons. The van der Waals surface area contributed by atoms with Crippen molar-refractivity contribution >= 4 is 23.2 Å². The van der Waals surface area contributed by atoms with Gasteiger partial charge in [0.1, 0.15) is 0 Å². The summed E-state index contributed by atoms with van der Waals surface area (Å²) in [6.07, 6.45) is 0. The topological polar surface area (TPSA) is 132 Å². The molecule has 1 aliphatic heterocycles. The van der Waals surface area contributed by atoms with Crippen molar-refractivity contribution in [2.24, 2.45) is 0 Å². The average molecular weight is 358 g/mol. The molecule has 26 heavy (non-hydrogen) atoms. The number of benzene rings is 2. The second kappa shape index (κ2) is 6.97. The number of hydrogen-bond acceptors (Lipinski definition) is 7. The molecular weight excluding hydrogens is 344 g/mol. The molecule has 2 amide bonds. The number of rotatable bonds is 4. The number of nitrogens with one attached hydrogen (secondary N) is 3. The Morgan fingerprint density at radius 1 is 1.04 bits per heavy atom. The van der Waals surface area contributed by atoms with Crippen molar-refractivity contribution in [3.05, 3.63) is 57.6 Å². The molecule has 134 valence electrons. The molecule has 3 N–H and O–H groups in total. The normalized spacial score (nSPS) is 11.6. The highest BCUT2D eigenvalue weighted by Gasteiger charge is 2.19. The van der Waals surface area contributed by atoms with Crippen LogP contribution >= 0.6 is 0 Å².